The minimum absolute atomic E-state index is 0.209. The van der Waals surface area contributed by atoms with Gasteiger partial charge in [0.15, 0.2) is 0 Å². The second kappa shape index (κ2) is 10.4. The van der Waals surface area contributed by atoms with Gasteiger partial charge in [-0.2, -0.15) is 11.8 Å². The summed E-state index contributed by atoms with van der Waals surface area (Å²) in [5.41, 5.74) is 3.05. The number of carbonyl (C=O) groups is 1. The summed E-state index contributed by atoms with van der Waals surface area (Å²) < 4.78 is 25.1. The molecule has 0 unspecified atom stereocenters. The van der Waals surface area contributed by atoms with E-state index in [2.05, 4.69) is 36.5 Å². The summed E-state index contributed by atoms with van der Waals surface area (Å²) in [6, 6.07) is 17.1. The van der Waals surface area contributed by atoms with Gasteiger partial charge in [0.2, 0.25) is 15.9 Å². The predicted octanol–water partition coefficient (Wildman–Crippen LogP) is 3.20. The number of benzene rings is 2. The summed E-state index contributed by atoms with van der Waals surface area (Å²) in [6.45, 7) is 2.41. The minimum Gasteiger partial charge on any atom is -0.354 e. The van der Waals surface area contributed by atoms with Gasteiger partial charge in [0.05, 0.1) is 11.9 Å². The number of aryl methyl sites for hydroxylation is 1. The van der Waals surface area contributed by atoms with E-state index < -0.39 is 10.0 Å². The van der Waals surface area contributed by atoms with Crippen molar-refractivity contribution in [1.82, 2.24) is 5.32 Å². The molecule has 0 aromatic heterocycles. The lowest BCUT2D eigenvalue weighted by Gasteiger charge is -2.21. The van der Waals surface area contributed by atoms with Crippen LogP contribution in [0.2, 0.25) is 0 Å². The van der Waals surface area contributed by atoms with Gasteiger partial charge >= 0.3 is 0 Å². The van der Waals surface area contributed by atoms with E-state index in [4.69, 9.17) is 0 Å². The molecule has 2 aromatic carbocycles. The lowest BCUT2D eigenvalue weighted by Crippen LogP contribution is -2.40. The summed E-state index contributed by atoms with van der Waals surface area (Å²) in [6.07, 6.45) is 1.95. The van der Waals surface area contributed by atoms with Crippen LogP contribution in [-0.2, 0) is 20.6 Å². The van der Waals surface area contributed by atoms with Crippen LogP contribution in [0.25, 0.3) is 0 Å². The molecule has 0 fully saturated rings. The monoisotopic (exact) mass is 406 g/mol. The van der Waals surface area contributed by atoms with E-state index in [9.17, 15) is 13.2 Å². The topological polar surface area (TPSA) is 66.5 Å². The first-order valence-electron chi connectivity index (χ1n) is 8.79. The predicted molar refractivity (Wildman–Crippen MR) is 114 cm³/mol. The first kappa shape index (κ1) is 21.3. The Morgan fingerprint density at radius 3 is 2.52 bits per heavy atom. The highest BCUT2D eigenvalue weighted by Gasteiger charge is 2.20. The van der Waals surface area contributed by atoms with Crippen LogP contribution in [0.5, 0.6) is 0 Å². The Hall–Kier alpha value is -1.99. The Balaban J connectivity index is 1.72. The smallest absolute Gasteiger partial charge is 0.240 e. The average Bonchev–Trinajstić information content (AvgIpc) is 2.62. The maximum absolute atomic E-state index is 12.1. The van der Waals surface area contributed by atoms with Gasteiger partial charge in [-0.25, -0.2) is 8.42 Å². The highest BCUT2D eigenvalue weighted by atomic mass is 32.2. The van der Waals surface area contributed by atoms with Crippen molar-refractivity contribution >= 4 is 33.4 Å². The third-order valence-electron chi connectivity index (χ3n) is 3.87. The van der Waals surface area contributed by atoms with Crippen LogP contribution < -0.4 is 9.62 Å². The molecule has 0 atom stereocenters. The molecule has 0 saturated carbocycles. The van der Waals surface area contributed by atoms with Crippen LogP contribution in [-0.4, -0.2) is 39.4 Å². The number of nitrogens with one attached hydrogen (secondary N) is 1. The number of nitrogens with zero attached hydrogens (tertiary/aromatic N) is 1. The lowest BCUT2D eigenvalue weighted by molar-refractivity contribution is -0.119. The fourth-order valence-corrected chi connectivity index (χ4v) is 4.34. The second-order valence-corrected chi connectivity index (χ2v) is 9.36. The van der Waals surface area contributed by atoms with Gasteiger partial charge in [-0.3, -0.25) is 9.10 Å². The first-order valence-corrected chi connectivity index (χ1v) is 11.8. The summed E-state index contributed by atoms with van der Waals surface area (Å²) in [7, 11) is -3.52. The van der Waals surface area contributed by atoms with Gasteiger partial charge in [0, 0.05) is 12.3 Å². The van der Waals surface area contributed by atoms with Crippen molar-refractivity contribution in [2.75, 3.05) is 29.4 Å². The Morgan fingerprint density at radius 1 is 1.11 bits per heavy atom. The van der Waals surface area contributed by atoms with Crippen LogP contribution in [0.15, 0.2) is 54.6 Å². The maximum atomic E-state index is 12.1. The number of carbonyl (C=O) groups excluding carboxylic acids is 1. The highest BCUT2D eigenvalue weighted by molar-refractivity contribution is 7.98. The van der Waals surface area contributed by atoms with E-state index in [1.807, 2.05) is 11.8 Å². The van der Waals surface area contributed by atoms with Crippen molar-refractivity contribution in [3.05, 3.63) is 65.7 Å². The van der Waals surface area contributed by atoms with Crippen LogP contribution in [0.1, 0.15) is 17.5 Å². The molecule has 1 N–H and O–H groups in total. The van der Waals surface area contributed by atoms with Crippen molar-refractivity contribution in [3.63, 3.8) is 0 Å². The largest absolute Gasteiger partial charge is 0.354 e. The van der Waals surface area contributed by atoms with Gasteiger partial charge in [0.1, 0.15) is 6.54 Å². The first-order chi connectivity index (χ1) is 12.9. The number of sulfonamides is 1. The third-order valence-corrected chi connectivity index (χ3v) is 6.13. The van der Waals surface area contributed by atoms with Gasteiger partial charge in [0.25, 0.3) is 0 Å². The number of amides is 1. The van der Waals surface area contributed by atoms with Gasteiger partial charge in [-0.05, 0) is 36.8 Å². The van der Waals surface area contributed by atoms with Gasteiger partial charge < -0.3 is 5.32 Å². The summed E-state index contributed by atoms with van der Waals surface area (Å²) in [5, 5.41) is 2.80. The number of thioether (sulfide) groups is 1. The highest BCUT2D eigenvalue weighted by Crippen LogP contribution is 2.16. The molecule has 0 aliphatic rings. The summed E-state index contributed by atoms with van der Waals surface area (Å²) in [4.78, 5) is 12.1. The maximum Gasteiger partial charge on any atom is 0.240 e. The molecular formula is C20H26N2O3S2. The molecular weight excluding hydrogens is 380 g/mol. The average molecular weight is 407 g/mol. The Labute approximate surface area is 166 Å². The number of hydrogen-bond donors (Lipinski definition) is 1. The van der Waals surface area contributed by atoms with Crippen LogP contribution in [0, 0.1) is 6.92 Å². The second-order valence-electron chi connectivity index (χ2n) is 6.35. The van der Waals surface area contributed by atoms with E-state index in [-0.39, 0.29) is 12.5 Å². The molecule has 5 nitrogen and oxygen atoms in total. The molecule has 7 heteroatoms. The number of para-hydroxylation sites is 1. The van der Waals surface area contributed by atoms with E-state index in [1.54, 1.807) is 30.3 Å². The Kier molecular flexibility index (Phi) is 8.19. The van der Waals surface area contributed by atoms with Crippen molar-refractivity contribution in [2.45, 2.75) is 19.1 Å². The molecule has 27 heavy (non-hydrogen) atoms. The molecule has 2 rings (SSSR count). The van der Waals surface area contributed by atoms with Crippen molar-refractivity contribution in [2.24, 2.45) is 0 Å². The zero-order chi connectivity index (χ0) is 19.7. The number of hydrogen-bond acceptors (Lipinski definition) is 4. The van der Waals surface area contributed by atoms with E-state index >= 15 is 0 Å². The van der Waals surface area contributed by atoms with Crippen molar-refractivity contribution in [3.8, 4) is 0 Å². The Bertz CT molecular complexity index is 839. The summed E-state index contributed by atoms with van der Waals surface area (Å²) >= 11 is 1.82. The van der Waals surface area contributed by atoms with Crippen LogP contribution >= 0.6 is 11.8 Å². The SMILES string of the molecule is Cc1cccc(CSCCCNC(=O)CN(c2ccccc2)S(C)(=O)=O)c1. The van der Waals surface area contributed by atoms with E-state index in [0.717, 1.165) is 28.5 Å². The minimum atomic E-state index is -3.52. The fraction of sp³-hybridized carbons (Fsp3) is 0.350. The molecule has 0 saturated heterocycles. The number of anilines is 1. The molecule has 0 aliphatic heterocycles. The van der Waals surface area contributed by atoms with E-state index in [1.165, 1.54) is 11.1 Å². The zero-order valence-electron chi connectivity index (χ0n) is 15.7. The Morgan fingerprint density at radius 2 is 1.85 bits per heavy atom. The quantitative estimate of drug-likeness (QED) is 0.616. The van der Waals surface area contributed by atoms with Crippen molar-refractivity contribution < 1.29 is 13.2 Å². The molecule has 0 radical (unpaired) electrons. The fourth-order valence-electron chi connectivity index (χ4n) is 2.57. The molecule has 146 valence electrons. The van der Waals surface area contributed by atoms with E-state index in [0.29, 0.717) is 12.2 Å². The van der Waals surface area contributed by atoms with Gasteiger partial charge in [-0.15, -0.1) is 0 Å². The normalized spacial score (nSPS) is 11.2. The third kappa shape index (κ3) is 7.64. The molecule has 0 bridgehead atoms. The van der Waals surface area contributed by atoms with Crippen molar-refractivity contribution in [1.29, 1.82) is 0 Å². The molecule has 1 amide bonds. The lowest BCUT2D eigenvalue weighted by atomic mass is 10.2. The molecule has 0 aliphatic carbocycles. The summed E-state index contributed by atoms with van der Waals surface area (Å²) in [5.74, 6) is 1.58. The zero-order valence-corrected chi connectivity index (χ0v) is 17.4. The molecule has 0 heterocycles. The number of rotatable bonds is 10. The standard InChI is InChI=1S/C20H26N2O3S2/c1-17-8-6-9-18(14-17)16-26-13-7-12-21-20(23)15-22(27(2,24)25)19-10-4-3-5-11-19/h3-6,8-11,14H,7,12-13,15-16H2,1-2H3,(H,21,23). The van der Waals surface area contributed by atoms with Crippen LogP contribution in [0.3, 0.4) is 0 Å². The van der Waals surface area contributed by atoms with Gasteiger partial charge in [-0.1, -0.05) is 48.0 Å². The molecule has 0 spiro atoms. The molecule has 2 aromatic rings. The van der Waals surface area contributed by atoms with Crippen LogP contribution in [0.4, 0.5) is 5.69 Å².